The van der Waals surface area contributed by atoms with Crippen LogP contribution in [0, 0.1) is 0 Å². The van der Waals surface area contributed by atoms with Gasteiger partial charge in [0.1, 0.15) is 6.61 Å². The molecule has 0 aromatic carbocycles. The molecule has 1 unspecified atom stereocenters. The van der Waals surface area contributed by atoms with E-state index in [4.69, 9.17) is 9.47 Å². The topological polar surface area (TPSA) is 35.5 Å². The Kier molecular flexibility index (Phi) is 5.01. The summed E-state index contributed by atoms with van der Waals surface area (Å²) in [5.74, 6) is 0.213. The van der Waals surface area contributed by atoms with Crippen LogP contribution in [0.4, 0.5) is 0 Å². The third kappa shape index (κ3) is 4.39. The highest BCUT2D eigenvalue weighted by atomic mass is 16.5. The van der Waals surface area contributed by atoms with Gasteiger partial charge in [-0.05, 0) is 12.8 Å². The lowest BCUT2D eigenvalue weighted by Crippen LogP contribution is -2.29. The van der Waals surface area contributed by atoms with E-state index in [0.717, 1.165) is 25.9 Å². The summed E-state index contributed by atoms with van der Waals surface area (Å²) in [7, 11) is 0. The Morgan fingerprint density at radius 3 is 3.08 bits per heavy atom. The Morgan fingerprint density at radius 2 is 2.46 bits per heavy atom. The van der Waals surface area contributed by atoms with Crippen molar-refractivity contribution in [2.75, 3.05) is 19.8 Å². The number of carbonyl (C=O) groups excluding carboxylic acids is 1. The molecular weight excluding hydrogens is 168 g/mol. The molecule has 1 aliphatic heterocycles. The van der Waals surface area contributed by atoms with E-state index in [0.29, 0.717) is 13.0 Å². The van der Waals surface area contributed by atoms with Gasteiger partial charge in [-0.2, -0.15) is 0 Å². The van der Waals surface area contributed by atoms with Crippen molar-refractivity contribution in [3.63, 3.8) is 0 Å². The normalized spacial score (nSPS) is 23.5. The fourth-order valence-corrected chi connectivity index (χ4v) is 1.28. The smallest absolute Gasteiger partial charge is 0.158 e. The molecule has 0 N–H and O–H groups in total. The first-order valence-electron chi connectivity index (χ1n) is 5.04. The highest BCUT2D eigenvalue weighted by molar-refractivity contribution is 5.80. The van der Waals surface area contributed by atoms with Gasteiger partial charge in [-0.25, -0.2) is 0 Å². The van der Waals surface area contributed by atoms with E-state index >= 15 is 0 Å². The predicted octanol–water partition coefficient (Wildman–Crippen LogP) is 1.55. The quantitative estimate of drug-likeness (QED) is 0.611. The summed E-state index contributed by atoms with van der Waals surface area (Å²) >= 11 is 0. The van der Waals surface area contributed by atoms with Crippen molar-refractivity contribution in [3.05, 3.63) is 0 Å². The molecule has 1 atom stereocenters. The average molecular weight is 186 g/mol. The Balaban J connectivity index is 1.99. The van der Waals surface area contributed by atoms with E-state index in [1.54, 1.807) is 0 Å². The van der Waals surface area contributed by atoms with E-state index in [9.17, 15) is 4.79 Å². The van der Waals surface area contributed by atoms with Gasteiger partial charge in [0, 0.05) is 13.0 Å². The minimum Gasteiger partial charge on any atom is -0.379 e. The van der Waals surface area contributed by atoms with Crippen molar-refractivity contribution in [1.29, 1.82) is 0 Å². The van der Waals surface area contributed by atoms with Crippen LogP contribution in [-0.2, 0) is 14.3 Å². The minimum atomic E-state index is 0.148. The molecule has 1 fully saturated rings. The number of carbonyl (C=O) groups is 1. The lowest BCUT2D eigenvalue weighted by molar-refractivity contribution is -0.134. The molecule has 13 heavy (non-hydrogen) atoms. The van der Waals surface area contributed by atoms with Gasteiger partial charge in [-0.15, -0.1) is 0 Å². The maximum Gasteiger partial charge on any atom is 0.158 e. The van der Waals surface area contributed by atoms with E-state index < -0.39 is 0 Å². The van der Waals surface area contributed by atoms with Crippen LogP contribution in [0.2, 0.25) is 0 Å². The van der Waals surface area contributed by atoms with Crippen molar-refractivity contribution < 1.29 is 14.3 Å². The molecule has 76 valence electrons. The fourth-order valence-electron chi connectivity index (χ4n) is 1.28. The van der Waals surface area contributed by atoms with Crippen LogP contribution in [-0.4, -0.2) is 31.7 Å². The highest BCUT2D eigenvalue weighted by Gasteiger charge is 2.18. The molecule has 3 nitrogen and oxygen atoms in total. The van der Waals surface area contributed by atoms with Crippen LogP contribution < -0.4 is 0 Å². The summed E-state index contributed by atoms with van der Waals surface area (Å²) in [6, 6.07) is 0. The molecule has 1 heterocycles. The monoisotopic (exact) mass is 186 g/mol. The van der Waals surface area contributed by atoms with E-state index in [1.165, 1.54) is 0 Å². The third-order valence-electron chi connectivity index (χ3n) is 2.17. The summed E-state index contributed by atoms with van der Waals surface area (Å²) < 4.78 is 10.7. The van der Waals surface area contributed by atoms with Gasteiger partial charge in [0.05, 0.1) is 12.7 Å². The molecule has 1 saturated heterocycles. The second-order valence-electron chi connectivity index (χ2n) is 3.44. The van der Waals surface area contributed by atoms with Crippen LogP contribution in [0.1, 0.15) is 32.6 Å². The largest absolute Gasteiger partial charge is 0.379 e. The van der Waals surface area contributed by atoms with Gasteiger partial charge in [-0.3, -0.25) is 4.79 Å². The second kappa shape index (κ2) is 6.11. The molecule has 0 saturated carbocycles. The van der Waals surface area contributed by atoms with E-state index in [1.807, 2.05) is 0 Å². The average Bonchev–Trinajstić information content (AvgIpc) is 2.15. The van der Waals surface area contributed by atoms with Crippen molar-refractivity contribution in [3.8, 4) is 0 Å². The fraction of sp³-hybridized carbons (Fsp3) is 0.900. The molecular formula is C10H18O3. The highest BCUT2D eigenvalue weighted by Crippen LogP contribution is 2.10. The zero-order valence-corrected chi connectivity index (χ0v) is 8.25. The van der Waals surface area contributed by atoms with Gasteiger partial charge in [0.15, 0.2) is 5.78 Å². The minimum absolute atomic E-state index is 0.148. The van der Waals surface area contributed by atoms with Crippen LogP contribution in [0.15, 0.2) is 0 Å². The maximum atomic E-state index is 10.8. The van der Waals surface area contributed by atoms with Crippen LogP contribution in [0.5, 0.6) is 0 Å². The lowest BCUT2D eigenvalue weighted by Gasteiger charge is -2.21. The maximum absolute atomic E-state index is 10.8. The zero-order valence-electron chi connectivity index (χ0n) is 8.25. The summed E-state index contributed by atoms with van der Waals surface area (Å²) in [6.07, 6.45) is 3.89. The molecule has 0 aromatic heterocycles. The zero-order chi connectivity index (χ0) is 9.52. The molecule has 0 bridgehead atoms. The van der Waals surface area contributed by atoms with Crippen LogP contribution >= 0.6 is 0 Å². The summed E-state index contributed by atoms with van der Waals surface area (Å²) in [5, 5.41) is 0. The Bertz CT molecular complexity index is 146. The Hall–Kier alpha value is -0.410. The first-order valence-corrected chi connectivity index (χ1v) is 5.04. The Labute approximate surface area is 79.4 Å². The standard InChI is InChI=1S/C10H18O3/c1-2-3-6-12-8-10-5-4-9(11)7-13-10/h10H,2-8H2,1H3. The van der Waals surface area contributed by atoms with Crippen molar-refractivity contribution in [2.24, 2.45) is 0 Å². The number of hydrogen-bond donors (Lipinski definition) is 0. The summed E-state index contributed by atoms with van der Waals surface area (Å²) in [4.78, 5) is 10.8. The number of Topliss-reactive ketones (excluding diaryl/α,β-unsaturated/α-hetero) is 1. The van der Waals surface area contributed by atoms with Crippen LogP contribution in [0.3, 0.4) is 0 Å². The van der Waals surface area contributed by atoms with Gasteiger partial charge in [0.25, 0.3) is 0 Å². The third-order valence-corrected chi connectivity index (χ3v) is 2.17. The second-order valence-corrected chi connectivity index (χ2v) is 3.44. The predicted molar refractivity (Wildman–Crippen MR) is 49.7 cm³/mol. The van der Waals surface area contributed by atoms with Gasteiger partial charge in [-0.1, -0.05) is 13.3 Å². The number of ketones is 1. The first kappa shape index (κ1) is 10.7. The lowest BCUT2D eigenvalue weighted by atomic mass is 10.1. The summed E-state index contributed by atoms with van der Waals surface area (Å²) in [6.45, 7) is 3.87. The van der Waals surface area contributed by atoms with Crippen molar-refractivity contribution in [1.82, 2.24) is 0 Å². The molecule has 1 aliphatic rings. The van der Waals surface area contributed by atoms with Gasteiger partial charge >= 0.3 is 0 Å². The molecule has 1 rings (SSSR count). The van der Waals surface area contributed by atoms with Crippen LogP contribution in [0.25, 0.3) is 0 Å². The summed E-state index contributed by atoms with van der Waals surface area (Å²) in [5.41, 5.74) is 0. The number of ether oxygens (including phenoxy) is 2. The van der Waals surface area contributed by atoms with Crippen molar-refractivity contribution in [2.45, 2.75) is 38.7 Å². The number of rotatable bonds is 5. The Morgan fingerprint density at radius 1 is 1.62 bits per heavy atom. The van der Waals surface area contributed by atoms with E-state index in [2.05, 4.69) is 6.92 Å². The SMILES string of the molecule is CCCCOCC1CCC(=O)CO1. The van der Waals surface area contributed by atoms with Gasteiger partial charge < -0.3 is 9.47 Å². The molecule has 0 spiro atoms. The number of hydrogen-bond acceptors (Lipinski definition) is 3. The first-order chi connectivity index (χ1) is 6.33. The molecule has 0 amide bonds. The van der Waals surface area contributed by atoms with Crippen molar-refractivity contribution >= 4 is 5.78 Å². The molecule has 0 aromatic rings. The molecule has 3 heteroatoms. The molecule has 0 radical (unpaired) electrons. The molecule has 0 aliphatic carbocycles. The number of unbranched alkanes of at least 4 members (excludes halogenated alkanes) is 1. The van der Waals surface area contributed by atoms with Gasteiger partial charge in [0.2, 0.25) is 0 Å². The van der Waals surface area contributed by atoms with E-state index in [-0.39, 0.29) is 18.5 Å².